The molecule has 0 saturated heterocycles. The predicted molar refractivity (Wildman–Crippen MR) is 116 cm³/mol. The van der Waals surface area contributed by atoms with Crippen LogP contribution in [-0.2, 0) is 17.8 Å². The first kappa shape index (κ1) is 19.4. The number of nitrogens with one attached hydrogen (secondary N) is 1. The first-order chi connectivity index (χ1) is 14.1. The van der Waals surface area contributed by atoms with Crippen LogP contribution < -0.4 is 5.32 Å². The maximum atomic E-state index is 12.4. The number of benzene rings is 1. The van der Waals surface area contributed by atoms with Crippen LogP contribution in [0.5, 0.6) is 0 Å². The molecule has 0 bridgehead atoms. The van der Waals surface area contributed by atoms with Crippen molar-refractivity contribution >= 4 is 33.7 Å². The van der Waals surface area contributed by atoms with Crippen LogP contribution in [0.4, 0.5) is 5.13 Å². The van der Waals surface area contributed by atoms with Gasteiger partial charge in [-0.3, -0.25) is 4.79 Å². The Bertz CT molecular complexity index is 1090. The largest absolute Gasteiger partial charge is 0.302 e. The molecule has 0 saturated carbocycles. The average molecular weight is 425 g/mol. The third-order valence-corrected chi connectivity index (χ3v) is 5.86. The molecule has 9 heteroatoms. The van der Waals surface area contributed by atoms with E-state index in [0.29, 0.717) is 29.8 Å². The standard InChI is InChI=1S/C20H20N6OS2/c1-13(2)12-26-24-19(23-25-26)18-17(14-7-4-3-5-8-14)22-20(29-18)21-16(27)11-15-9-6-10-28-15/h3-10,13H,11-12H2,1-2H3,(H,21,22,27). The van der Waals surface area contributed by atoms with Crippen molar-refractivity contribution in [1.29, 1.82) is 0 Å². The van der Waals surface area contributed by atoms with Crippen molar-refractivity contribution in [2.24, 2.45) is 5.92 Å². The van der Waals surface area contributed by atoms with Gasteiger partial charge in [0.05, 0.1) is 18.7 Å². The number of thiazole rings is 1. The number of hydrogen-bond acceptors (Lipinski definition) is 7. The Morgan fingerprint density at radius 3 is 2.72 bits per heavy atom. The Balaban J connectivity index is 1.64. The summed E-state index contributed by atoms with van der Waals surface area (Å²) in [6.45, 7) is 4.90. The van der Waals surface area contributed by atoms with E-state index in [4.69, 9.17) is 0 Å². The summed E-state index contributed by atoms with van der Waals surface area (Å²) in [6, 6.07) is 13.7. The maximum Gasteiger partial charge on any atom is 0.231 e. The molecule has 1 aromatic carbocycles. The lowest BCUT2D eigenvalue weighted by Gasteiger charge is -2.00. The van der Waals surface area contributed by atoms with E-state index >= 15 is 0 Å². The van der Waals surface area contributed by atoms with E-state index in [1.54, 1.807) is 16.1 Å². The van der Waals surface area contributed by atoms with E-state index in [-0.39, 0.29) is 5.91 Å². The second-order valence-electron chi connectivity index (χ2n) is 6.93. The molecule has 4 aromatic rings. The van der Waals surface area contributed by atoms with E-state index in [1.165, 1.54) is 11.3 Å². The highest BCUT2D eigenvalue weighted by Gasteiger charge is 2.20. The number of carbonyl (C=O) groups is 1. The van der Waals surface area contributed by atoms with Gasteiger partial charge in [-0.05, 0) is 22.6 Å². The topological polar surface area (TPSA) is 85.6 Å². The molecular formula is C20H20N6OS2. The highest BCUT2D eigenvalue weighted by atomic mass is 32.1. The summed E-state index contributed by atoms with van der Waals surface area (Å²) < 4.78 is 0. The molecule has 29 heavy (non-hydrogen) atoms. The lowest BCUT2D eigenvalue weighted by atomic mass is 10.1. The number of amides is 1. The van der Waals surface area contributed by atoms with Crippen LogP contribution in [0.15, 0.2) is 47.8 Å². The monoisotopic (exact) mass is 424 g/mol. The molecule has 3 aromatic heterocycles. The number of aromatic nitrogens is 5. The number of thiophene rings is 1. The van der Waals surface area contributed by atoms with Gasteiger partial charge in [0.2, 0.25) is 11.7 Å². The second kappa shape index (κ2) is 8.62. The molecule has 0 atom stereocenters. The Morgan fingerprint density at radius 2 is 2.00 bits per heavy atom. The Labute approximate surface area is 176 Å². The molecular weight excluding hydrogens is 404 g/mol. The van der Waals surface area contributed by atoms with Crippen molar-refractivity contribution in [3.05, 3.63) is 52.7 Å². The van der Waals surface area contributed by atoms with Gasteiger partial charge >= 0.3 is 0 Å². The predicted octanol–water partition coefficient (Wildman–Crippen LogP) is 4.36. The van der Waals surface area contributed by atoms with E-state index in [0.717, 1.165) is 21.0 Å². The minimum absolute atomic E-state index is 0.0937. The van der Waals surface area contributed by atoms with Gasteiger partial charge in [0, 0.05) is 10.4 Å². The fourth-order valence-corrected chi connectivity index (χ4v) is 4.42. The highest BCUT2D eigenvalue weighted by molar-refractivity contribution is 7.19. The van der Waals surface area contributed by atoms with E-state index in [9.17, 15) is 4.79 Å². The van der Waals surface area contributed by atoms with Crippen LogP contribution in [0, 0.1) is 5.92 Å². The van der Waals surface area contributed by atoms with Gasteiger partial charge in [-0.2, -0.15) is 4.80 Å². The molecule has 3 heterocycles. The van der Waals surface area contributed by atoms with Crippen molar-refractivity contribution in [2.75, 3.05) is 5.32 Å². The first-order valence-electron chi connectivity index (χ1n) is 9.25. The zero-order valence-electron chi connectivity index (χ0n) is 16.1. The number of anilines is 1. The van der Waals surface area contributed by atoms with Crippen LogP contribution in [0.2, 0.25) is 0 Å². The Morgan fingerprint density at radius 1 is 1.17 bits per heavy atom. The quantitative estimate of drug-likeness (QED) is 0.476. The number of carbonyl (C=O) groups excluding carboxylic acids is 1. The van der Waals surface area contributed by atoms with Crippen LogP contribution in [0.25, 0.3) is 22.0 Å². The summed E-state index contributed by atoms with van der Waals surface area (Å²) in [5.41, 5.74) is 1.68. The SMILES string of the molecule is CC(C)Cn1nnc(-c2sc(NC(=O)Cc3cccs3)nc2-c2ccccc2)n1. The van der Waals surface area contributed by atoms with Crippen LogP contribution >= 0.6 is 22.7 Å². The van der Waals surface area contributed by atoms with Gasteiger partial charge in [0.15, 0.2) is 5.13 Å². The van der Waals surface area contributed by atoms with E-state index < -0.39 is 0 Å². The van der Waals surface area contributed by atoms with Crippen molar-refractivity contribution in [3.8, 4) is 22.0 Å². The number of nitrogens with zero attached hydrogens (tertiary/aromatic N) is 5. The molecule has 1 amide bonds. The first-order valence-corrected chi connectivity index (χ1v) is 10.9. The summed E-state index contributed by atoms with van der Waals surface area (Å²) >= 11 is 2.93. The van der Waals surface area contributed by atoms with Crippen molar-refractivity contribution in [2.45, 2.75) is 26.8 Å². The molecule has 1 N–H and O–H groups in total. The van der Waals surface area contributed by atoms with Crippen molar-refractivity contribution in [3.63, 3.8) is 0 Å². The lowest BCUT2D eigenvalue weighted by Crippen LogP contribution is -2.13. The molecule has 4 rings (SSSR count). The Hall–Kier alpha value is -2.91. The smallest absolute Gasteiger partial charge is 0.231 e. The summed E-state index contributed by atoms with van der Waals surface area (Å²) in [5.74, 6) is 0.837. The van der Waals surface area contributed by atoms with Crippen LogP contribution in [-0.4, -0.2) is 31.1 Å². The summed E-state index contributed by atoms with van der Waals surface area (Å²) in [5, 5.41) is 18.3. The summed E-state index contributed by atoms with van der Waals surface area (Å²) in [4.78, 5) is 20.5. The average Bonchev–Trinajstić information content (AvgIpc) is 3.43. The zero-order valence-corrected chi connectivity index (χ0v) is 17.7. The molecule has 0 radical (unpaired) electrons. The van der Waals surface area contributed by atoms with Gasteiger partial charge in [0.1, 0.15) is 4.88 Å². The highest BCUT2D eigenvalue weighted by Crippen LogP contribution is 2.37. The molecule has 0 spiro atoms. The number of hydrogen-bond donors (Lipinski definition) is 1. The molecule has 0 unspecified atom stereocenters. The third-order valence-electron chi connectivity index (χ3n) is 4.02. The van der Waals surface area contributed by atoms with Gasteiger partial charge < -0.3 is 5.32 Å². The zero-order chi connectivity index (χ0) is 20.2. The number of rotatable bonds is 7. The molecule has 0 aliphatic carbocycles. The summed E-state index contributed by atoms with van der Waals surface area (Å²) in [7, 11) is 0. The van der Waals surface area contributed by atoms with Crippen LogP contribution in [0.1, 0.15) is 18.7 Å². The van der Waals surface area contributed by atoms with E-state index in [1.807, 2.05) is 47.8 Å². The summed E-state index contributed by atoms with van der Waals surface area (Å²) in [6.07, 6.45) is 0.329. The second-order valence-corrected chi connectivity index (χ2v) is 8.96. The molecule has 0 aliphatic rings. The van der Waals surface area contributed by atoms with Gasteiger partial charge in [-0.15, -0.1) is 21.5 Å². The fraction of sp³-hybridized carbons (Fsp3) is 0.250. The molecule has 148 valence electrons. The Kier molecular flexibility index (Phi) is 5.77. The third kappa shape index (κ3) is 4.75. The lowest BCUT2D eigenvalue weighted by molar-refractivity contribution is -0.115. The molecule has 7 nitrogen and oxygen atoms in total. The minimum Gasteiger partial charge on any atom is -0.302 e. The van der Waals surface area contributed by atoms with Gasteiger partial charge in [0.25, 0.3) is 0 Å². The van der Waals surface area contributed by atoms with Crippen LogP contribution in [0.3, 0.4) is 0 Å². The minimum atomic E-state index is -0.0937. The van der Waals surface area contributed by atoms with Gasteiger partial charge in [-0.1, -0.05) is 61.6 Å². The van der Waals surface area contributed by atoms with Crippen molar-refractivity contribution < 1.29 is 4.79 Å². The molecule has 0 aliphatic heterocycles. The van der Waals surface area contributed by atoms with E-state index in [2.05, 4.69) is 39.6 Å². The maximum absolute atomic E-state index is 12.4. The number of tetrazole rings is 1. The normalized spacial score (nSPS) is 11.1. The fourth-order valence-electron chi connectivity index (χ4n) is 2.79. The van der Waals surface area contributed by atoms with Crippen molar-refractivity contribution in [1.82, 2.24) is 25.2 Å². The molecule has 0 fully saturated rings. The van der Waals surface area contributed by atoms with Gasteiger partial charge in [-0.25, -0.2) is 4.98 Å².